The highest BCUT2D eigenvalue weighted by Crippen LogP contribution is 2.31. The van der Waals surface area contributed by atoms with Crippen molar-refractivity contribution in [3.63, 3.8) is 0 Å². The zero-order valence-electron chi connectivity index (χ0n) is 15.2. The maximum absolute atomic E-state index is 12.6. The van der Waals surface area contributed by atoms with Crippen molar-refractivity contribution >= 4 is 5.91 Å². The van der Waals surface area contributed by atoms with Crippen LogP contribution >= 0.6 is 0 Å². The molecule has 1 aromatic carbocycles. The lowest BCUT2D eigenvalue weighted by molar-refractivity contribution is -0.122. The fourth-order valence-corrected chi connectivity index (χ4v) is 4.29. The molecule has 0 spiro atoms. The van der Waals surface area contributed by atoms with Crippen LogP contribution in [0.3, 0.4) is 0 Å². The quantitative estimate of drug-likeness (QED) is 0.772. The molecule has 0 radical (unpaired) electrons. The number of hydrazine groups is 1. The minimum absolute atomic E-state index is 0.0328. The van der Waals surface area contributed by atoms with Gasteiger partial charge in [0.2, 0.25) is 5.91 Å². The van der Waals surface area contributed by atoms with E-state index < -0.39 is 0 Å². The van der Waals surface area contributed by atoms with Crippen LogP contribution in [0.25, 0.3) is 5.69 Å². The Hall–Kier alpha value is -2.18. The normalized spacial score (nSPS) is 26.3. The second-order valence-electron chi connectivity index (χ2n) is 7.49. The minimum Gasteiger partial charge on any atom is -0.350 e. The van der Waals surface area contributed by atoms with Crippen LogP contribution in [0, 0.1) is 5.92 Å². The predicted octanol–water partition coefficient (Wildman–Crippen LogP) is 2.47. The van der Waals surface area contributed by atoms with Gasteiger partial charge in [-0.25, -0.2) is 4.68 Å². The third-order valence-corrected chi connectivity index (χ3v) is 5.71. The van der Waals surface area contributed by atoms with Crippen molar-refractivity contribution in [2.45, 2.75) is 57.2 Å². The molecule has 6 heteroatoms. The van der Waals surface area contributed by atoms with Gasteiger partial charge in [-0.05, 0) is 49.4 Å². The van der Waals surface area contributed by atoms with E-state index in [1.165, 1.54) is 25.7 Å². The fourth-order valence-electron chi connectivity index (χ4n) is 4.29. The molecule has 4 atom stereocenters. The Bertz CT molecular complexity index is 744. The van der Waals surface area contributed by atoms with Crippen molar-refractivity contribution in [2.75, 3.05) is 0 Å². The van der Waals surface area contributed by atoms with Gasteiger partial charge in [0.25, 0.3) is 0 Å². The van der Waals surface area contributed by atoms with E-state index in [2.05, 4.69) is 27.3 Å². The zero-order valence-corrected chi connectivity index (χ0v) is 15.2. The van der Waals surface area contributed by atoms with Gasteiger partial charge in [0.1, 0.15) is 0 Å². The Morgan fingerprint density at radius 3 is 3.04 bits per heavy atom. The van der Waals surface area contributed by atoms with Crippen LogP contribution in [0.15, 0.2) is 42.7 Å². The maximum Gasteiger partial charge on any atom is 0.222 e. The number of amides is 1. The van der Waals surface area contributed by atoms with Gasteiger partial charge >= 0.3 is 0 Å². The summed E-state index contributed by atoms with van der Waals surface area (Å²) in [5.41, 5.74) is 8.81. The Balaban J connectivity index is 1.36. The molecule has 2 heterocycles. The molecule has 4 unspecified atom stereocenters. The van der Waals surface area contributed by atoms with Gasteiger partial charge in [-0.1, -0.05) is 25.0 Å². The van der Waals surface area contributed by atoms with Crippen LogP contribution in [0.2, 0.25) is 0 Å². The first-order valence-corrected chi connectivity index (χ1v) is 9.61. The van der Waals surface area contributed by atoms with E-state index >= 15 is 0 Å². The van der Waals surface area contributed by atoms with Crippen LogP contribution in [0.4, 0.5) is 0 Å². The molecule has 4 rings (SSSR count). The first-order chi connectivity index (χ1) is 12.7. The van der Waals surface area contributed by atoms with Crippen molar-refractivity contribution in [3.05, 3.63) is 48.3 Å². The monoisotopic (exact) mass is 353 g/mol. The molecule has 0 bridgehead atoms. The second kappa shape index (κ2) is 7.60. The largest absolute Gasteiger partial charge is 0.350 e. The summed E-state index contributed by atoms with van der Waals surface area (Å²) in [6, 6.07) is 10.8. The van der Waals surface area contributed by atoms with Crippen LogP contribution in [0.1, 0.15) is 50.6 Å². The van der Waals surface area contributed by atoms with E-state index in [0.717, 1.165) is 11.3 Å². The zero-order chi connectivity index (χ0) is 17.9. The molecule has 138 valence electrons. The Morgan fingerprint density at radius 1 is 1.31 bits per heavy atom. The summed E-state index contributed by atoms with van der Waals surface area (Å²) in [7, 11) is 0. The highest BCUT2D eigenvalue weighted by Gasteiger charge is 2.38. The molecule has 1 amide bonds. The smallest absolute Gasteiger partial charge is 0.222 e. The molecule has 1 saturated heterocycles. The predicted molar refractivity (Wildman–Crippen MR) is 101 cm³/mol. The number of nitrogens with one attached hydrogen (secondary N) is 3. The molecule has 1 aromatic heterocycles. The number of benzene rings is 1. The summed E-state index contributed by atoms with van der Waals surface area (Å²) in [5.74, 6) is 0.681. The van der Waals surface area contributed by atoms with Crippen LogP contribution < -0.4 is 16.2 Å². The maximum atomic E-state index is 12.6. The lowest BCUT2D eigenvalue weighted by Crippen LogP contribution is -2.38. The molecule has 6 nitrogen and oxygen atoms in total. The molecule has 1 aliphatic carbocycles. The van der Waals surface area contributed by atoms with Crippen LogP contribution in [-0.2, 0) is 4.79 Å². The van der Waals surface area contributed by atoms with Gasteiger partial charge < -0.3 is 5.32 Å². The standard InChI is InChI=1S/C20H27N5O/c1-14(15-6-4-7-16(12-15)25-11-5-10-21-25)22-20(26)13-19-17-8-2-3-9-18(17)23-24-19/h4-7,10-12,14,17-19,23-24H,2-3,8-9,13H2,1H3,(H,22,26). The third kappa shape index (κ3) is 3.66. The van der Waals surface area contributed by atoms with E-state index in [1.807, 2.05) is 42.1 Å². The molecular weight excluding hydrogens is 326 g/mol. The number of fused-ring (bicyclic) bond motifs is 1. The van der Waals surface area contributed by atoms with Crippen molar-refractivity contribution in [1.29, 1.82) is 0 Å². The summed E-state index contributed by atoms with van der Waals surface area (Å²) in [4.78, 5) is 12.6. The lowest BCUT2D eigenvalue weighted by Gasteiger charge is -2.27. The Kier molecular flexibility index (Phi) is 5.04. The van der Waals surface area contributed by atoms with Crippen LogP contribution in [-0.4, -0.2) is 27.8 Å². The van der Waals surface area contributed by atoms with Gasteiger partial charge in [0.15, 0.2) is 0 Å². The number of nitrogens with zero attached hydrogens (tertiary/aromatic N) is 2. The molecular formula is C20H27N5O. The van der Waals surface area contributed by atoms with Gasteiger partial charge in [-0.2, -0.15) is 5.10 Å². The highest BCUT2D eigenvalue weighted by molar-refractivity contribution is 5.77. The molecule has 1 aliphatic heterocycles. The third-order valence-electron chi connectivity index (χ3n) is 5.71. The van der Waals surface area contributed by atoms with E-state index in [1.54, 1.807) is 6.20 Å². The number of carbonyl (C=O) groups is 1. The average Bonchev–Trinajstić information content (AvgIpc) is 3.32. The van der Waals surface area contributed by atoms with Crippen molar-refractivity contribution in [3.8, 4) is 5.69 Å². The van der Waals surface area contributed by atoms with Gasteiger partial charge in [-0.15, -0.1) is 0 Å². The number of hydrogen-bond donors (Lipinski definition) is 3. The molecule has 3 N–H and O–H groups in total. The summed E-state index contributed by atoms with van der Waals surface area (Å²) >= 11 is 0. The minimum atomic E-state index is -0.0328. The molecule has 2 aromatic rings. The topological polar surface area (TPSA) is 71.0 Å². The van der Waals surface area contributed by atoms with Crippen molar-refractivity contribution < 1.29 is 4.79 Å². The fraction of sp³-hybridized carbons (Fsp3) is 0.500. The highest BCUT2D eigenvalue weighted by atomic mass is 16.1. The van der Waals surface area contributed by atoms with E-state index in [4.69, 9.17) is 0 Å². The molecule has 2 aliphatic rings. The lowest BCUT2D eigenvalue weighted by atomic mass is 9.81. The molecule has 1 saturated carbocycles. The molecule has 2 fully saturated rings. The van der Waals surface area contributed by atoms with Gasteiger partial charge in [0.05, 0.1) is 11.7 Å². The Labute approximate surface area is 154 Å². The first kappa shape index (κ1) is 17.2. The van der Waals surface area contributed by atoms with E-state index in [-0.39, 0.29) is 18.0 Å². The number of rotatable bonds is 5. The summed E-state index contributed by atoms with van der Waals surface area (Å²) in [5, 5.41) is 7.42. The number of carbonyl (C=O) groups excluding carboxylic acids is 1. The van der Waals surface area contributed by atoms with Crippen molar-refractivity contribution in [2.24, 2.45) is 5.92 Å². The van der Waals surface area contributed by atoms with Crippen LogP contribution in [0.5, 0.6) is 0 Å². The number of hydrogen-bond acceptors (Lipinski definition) is 4. The molecule has 26 heavy (non-hydrogen) atoms. The Morgan fingerprint density at radius 2 is 2.19 bits per heavy atom. The van der Waals surface area contributed by atoms with Gasteiger partial charge in [0, 0.05) is 30.9 Å². The van der Waals surface area contributed by atoms with E-state index in [9.17, 15) is 4.79 Å². The SMILES string of the molecule is CC(NC(=O)CC1NNC2CCCCC21)c1cccc(-n2cccn2)c1. The van der Waals surface area contributed by atoms with Crippen molar-refractivity contribution in [1.82, 2.24) is 25.9 Å². The first-order valence-electron chi connectivity index (χ1n) is 9.61. The summed E-state index contributed by atoms with van der Waals surface area (Å²) < 4.78 is 1.83. The summed E-state index contributed by atoms with van der Waals surface area (Å²) in [6.45, 7) is 2.03. The number of aromatic nitrogens is 2. The summed E-state index contributed by atoms with van der Waals surface area (Å²) in [6.07, 6.45) is 9.20. The second-order valence-corrected chi connectivity index (χ2v) is 7.49. The average molecular weight is 353 g/mol. The van der Waals surface area contributed by atoms with E-state index in [0.29, 0.717) is 18.4 Å². The van der Waals surface area contributed by atoms with Gasteiger partial charge in [-0.3, -0.25) is 15.6 Å².